The topological polar surface area (TPSA) is 70.7 Å². The molecule has 6 nitrogen and oxygen atoms in total. The lowest BCUT2D eigenvalue weighted by molar-refractivity contribution is -0.139. The summed E-state index contributed by atoms with van der Waals surface area (Å²) in [5, 5.41) is 5.65. The van der Waals surface area contributed by atoms with Gasteiger partial charge in [-0.3, -0.25) is 0 Å². The van der Waals surface area contributed by atoms with Crippen molar-refractivity contribution in [2.45, 2.75) is 39.2 Å². The molecule has 0 bridgehead atoms. The number of carbonyl (C=O) groups is 2. The van der Waals surface area contributed by atoms with Gasteiger partial charge in [0.1, 0.15) is 0 Å². The number of nitrogens with zero attached hydrogens (tertiary/aromatic N) is 1. The monoisotopic (exact) mass is 343 g/mol. The molecule has 0 saturated heterocycles. The molecular weight excluding hydrogens is 318 g/mol. The standard InChI is InChI=1S/C19H25N3O3/c1-3-14-17(18(23)25-4-2)15(21-19(24)20-14)12-22-11-7-9-13-8-5-6-10-16(13)22/h5-6,8,10,14H,3-4,7,9,11-12H2,1-2H3,(H2,20,21,24)/t14-/m1/s1. The number of rotatable bonds is 5. The molecule has 134 valence electrons. The molecule has 2 amide bonds. The summed E-state index contributed by atoms with van der Waals surface area (Å²) in [6, 6.07) is 7.72. The predicted octanol–water partition coefficient (Wildman–Crippen LogP) is 2.35. The lowest BCUT2D eigenvalue weighted by Crippen LogP contribution is -2.52. The number of carbonyl (C=O) groups excluding carboxylic acids is 2. The molecule has 0 radical (unpaired) electrons. The second-order valence-corrected chi connectivity index (χ2v) is 6.33. The van der Waals surface area contributed by atoms with E-state index in [1.807, 2.05) is 19.1 Å². The van der Waals surface area contributed by atoms with Crippen LogP contribution in [0.5, 0.6) is 0 Å². The van der Waals surface area contributed by atoms with Gasteiger partial charge in [0, 0.05) is 12.2 Å². The zero-order valence-electron chi connectivity index (χ0n) is 14.8. The normalized spacial score (nSPS) is 19.8. The third-order valence-electron chi connectivity index (χ3n) is 4.70. The van der Waals surface area contributed by atoms with E-state index in [-0.39, 0.29) is 18.0 Å². The Bertz CT molecular complexity index is 699. The lowest BCUT2D eigenvalue weighted by atomic mass is 9.98. The fraction of sp³-hybridized carbons (Fsp3) is 0.474. The van der Waals surface area contributed by atoms with Gasteiger partial charge in [-0.1, -0.05) is 25.1 Å². The first-order chi connectivity index (χ1) is 12.1. The van der Waals surface area contributed by atoms with E-state index in [9.17, 15) is 9.59 Å². The number of esters is 1. The number of anilines is 1. The van der Waals surface area contributed by atoms with Gasteiger partial charge in [0.25, 0.3) is 0 Å². The van der Waals surface area contributed by atoms with Gasteiger partial charge >= 0.3 is 12.0 Å². The Kier molecular flexibility index (Phi) is 5.26. The van der Waals surface area contributed by atoms with Gasteiger partial charge in [-0.2, -0.15) is 0 Å². The highest BCUT2D eigenvalue weighted by molar-refractivity contribution is 5.95. The summed E-state index contributed by atoms with van der Waals surface area (Å²) in [5.74, 6) is -0.359. The summed E-state index contributed by atoms with van der Waals surface area (Å²) in [7, 11) is 0. The van der Waals surface area contributed by atoms with Gasteiger partial charge in [-0.05, 0) is 37.8 Å². The highest BCUT2D eigenvalue weighted by Crippen LogP contribution is 2.28. The largest absolute Gasteiger partial charge is 0.463 e. The summed E-state index contributed by atoms with van der Waals surface area (Å²) in [6.07, 6.45) is 2.76. The lowest BCUT2D eigenvalue weighted by Gasteiger charge is -2.35. The van der Waals surface area contributed by atoms with Crippen LogP contribution in [-0.4, -0.2) is 37.7 Å². The summed E-state index contributed by atoms with van der Waals surface area (Å²) in [6.45, 7) is 5.44. The van der Waals surface area contributed by atoms with Crippen molar-refractivity contribution in [1.29, 1.82) is 0 Å². The molecule has 0 aliphatic carbocycles. The van der Waals surface area contributed by atoms with E-state index in [1.54, 1.807) is 6.92 Å². The molecule has 25 heavy (non-hydrogen) atoms. The Balaban J connectivity index is 1.94. The molecule has 0 fully saturated rings. The molecule has 6 heteroatoms. The fourth-order valence-corrected chi connectivity index (χ4v) is 3.55. The van der Waals surface area contributed by atoms with Gasteiger partial charge < -0.3 is 20.3 Å². The highest BCUT2D eigenvalue weighted by Gasteiger charge is 2.32. The molecule has 0 aromatic heterocycles. The third kappa shape index (κ3) is 3.62. The van der Waals surface area contributed by atoms with Crippen LogP contribution in [0.2, 0.25) is 0 Å². The quantitative estimate of drug-likeness (QED) is 0.805. The van der Waals surface area contributed by atoms with Crippen LogP contribution in [0.1, 0.15) is 32.3 Å². The van der Waals surface area contributed by atoms with Crippen LogP contribution in [-0.2, 0) is 16.0 Å². The molecule has 2 aliphatic heterocycles. The second-order valence-electron chi connectivity index (χ2n) is 6.33. The summed E-state index contributed by atoms with van der Waals surface area (Å²) >= 11 is 0. The molecule has 0 saturated carbocycles. The number of para-hydroxylation sites is 1. The highest BCUT2D eigenvalue weighted by atomic mass is 16.5. The van der Waals surface area contributed by atoms with Crippen LogP contribution in [0.25, 0.3) is 0 Å². The Labute approximate surface area is 148 Å². The smallest absolute Gasteiger partial charge is 0.337 e. The molecule has 0 unspecified atom stereocenters. The maximum absolute atomic E-state index is 12.5. The van der Waals surface area contributed by atoms with Crippen molar-refractivity contribution in [1.82, 2.24) is 10.6 Å². The second kappa shape index (κ2) is 7.59. The van der Waals surface area contributed by atoms with Crippen molar-refractivity contribution in [3.05, 3.63) is 41.1 Å². The number of ether oxygens (including phenoxy) is 1. The fourth-order valence-electron chi connectivity index (χ4n) is 3.55. The molecule has 3 rings (SSSR count). The Morgan fingerprint density at radius 3 is 2.88 bits per heavy atom. The Morgan fingerprint density at radius 2 is 2.12 bits per heavy atom. The maximum atomic E-state index is 12.5. The summed E-state index contributed by atoms with van der Waals surface area (Å²) < 4.78 is 5.23. The van der Waals surface area contributed by atoms with Crippen molar-refractivity contribution in [3.63, 3.8) is 0 Å². The first kappa shape index (κ1) is 17.3. The minimum absolute atomic E-state index is 0.264. The zero-order chi connectivity index (χ0) is 17.8. The number of amides is 2. The Morgan fingerprint density at radius 1 is 1.32 bits per heavy atom. The Hall–Kier alpha value is -2.50. The summed E-state index contributed by atoms with van der Waals surface area (Å²) in [4.78, 5) is 26.7. The van der Waals surface area contributed by atoms with Gasteiger partial charge in [0.15, 0.2) is 0 Å². The number of hydrogen-bond donors (Lipinski definition) is 2. The van der Waals surface area contributed by atoms with E-state index in [4.69, 9.17) is 4.74 Å². The molecule has 2 heterocycles. The van der Waals surface area contributed by atoms with Gasteiger partial charge in [-0.25, -0.2) is 9.59 Å². The molecular formula is C19H25N3O3. The number of hydrogen-bond acceptors (Lipinski definition) is 4. The van der Waals surface area contributed by atoms with Crippen LogP contribution in [0, 0.1) is 0 Å². The SMILES string of the molecule is CCOC(=O)C1=C(CN2CCCc3ccccc32)NC(=O)N[C@@H]1CC. The number of fused-ring (bicyclic) bond motifs is 1. The molecule has 0 spiro atoms. The van der Waals surface area contributed by atoms with Gasteiger partial charge in [0.2, 0.25) is 0 Å². The van der Waals surface area contributed by atoms with Crippen molar-refractivity contribution < 1.29 is 14.3 Å². The summed E-state index contributed by atoms with van der Waals surface area (Å²) in [5.41, 5.74) is 3.65. The average Bonchev–Trinajstić information content (AvgIpc) is 2.61. The van der Waals surface area contributed by atoms with Crippen LogP contribution in [0.15, 0.2) is 35.5 Å². The van der Waals surface area contributed by atoms with Crippen LogP contribution in [0.3, 0.4) is 0 Å². The van der Waals surface area contributed by atoms with Crippen LogP contribution < -0.4 is 15.5 Å². The van der Waals surface area contributed by atoms with E-state index < -0.39 is 0 Å². The van der Waals surface area contributed by atoms with Gasteiger partial charge in [0.05, 0.1) is 30.5 Å². The third-order valence-corrected chi connectivity index (χ3v) is 4.70. The molecule has 2 aliphatic rings. The predicted molar refractivity (Wildman–Crippen MR) is 96.4 cm³/mol. The van der Waals surface area contributed by atoms with Gasteiger partial charge in [-0.15, -0.1) is 0 Å². The van der Waals surface area contributed by atoms with E-state index >= 15 is 0 Å². The molecule has 1 aromatic rings. The van der Waals surface area contributed by atoms with E-state index in [0.717, 1.165) is 19.4 Å². The minimum atomic E-state index is -0.359. The van der Waals surface area contributed by atoms with E-state index in [0.29, 0.717) is 30.8 Å². The van der Waals surface area contributed by atoms with Crippen LogP contribution in [0.4, 0.5) is 10.5 Å². The van der Waals surface area contributed by atoms with Crippen molar-refractivity contribution in [3.8, 4) is 0 Å². The average molecular weight is 343 g/mol. The number of benzene rings is 1. The number of nitrogens with one attached hydrogen (secondary N) is 2. The maximum Gasteiger partial charge on any atom is 0.337 e. The number of aryl methyl sites for hydroxylation is 1. The molecule has 1 aromatic carbocycles. The minimum Gasteiger partial charge on any atom is -0.463 e. The number of urea groups is 1. The van der Waals surface area contributed by atoms with Crippen LogP contribution >= 0.6 is 0 Å². The first-order valence-corrected chi connectivity index (χ1v) is 8.94. The molecule has 1 atom stereocenters. The van der Waals surface area contributed by atoms with Crippen molar-refractivity contribution in [2.24, 2.45) is 0 Å². The van der Waals surface area contributed by atoms with Crippen molar-refractivity contribution >= 4 is 17.7 Å². The van der Waals surface area contributed by atoms with E-state index in [2.05, 4.69) is 27.7 Å². The zero-order valence-corrected chi connectivity index (χ0v) is 14.8. The first-order valence-electron chi connectivity index (χ1n) is 8.94. The molecule has 2 N–H and O–H groups in total. The van der Waals surface area contributed by atoms with E-state index in [1.165, 1.54) is 11.3 Å². The van der Waals surface area contributed by atoms with Crippen molar-refractivity contribution in [2.75, 3.05) is 24.6 Å².